The number of hydrogen-bond donors (Lipinski definition) is 4. The van der Waals surface area contributed by atoms with Crippen molar-refractivity contribution in [2.75, 3.05) is 17.2 Å². The smallest absolute Gasteiger partial charge is 0.246 e. The van der Waals surface area contributed by atoms with Gasteiger partial charge in [-0.05, 0) is 66.6 Å². The normalized spacial score (nSPS) is 13.2. The van der Waals surface area contributed by atoms with Crippen molar-refractivity contribution in [1.82, 2.24) is 10.6 Å². The van der Waals surface area contributed by atoms with E-state index in [1.54, 1.807) is 48.5 Å². The Morgan fingerprint density at radius 3 is 1.49 bits per heavy atom. The molecule has 4 N–H and O–H groups in total. The lowest BCUT2D eigenvalue weighted by Gasteiger charge is -2.26. The summed E-state index contributed by atoms with van der Waals surface area (Å²) in [6, 6.07) is 31.6. The minimum absolute atomic E-state index is 0.166. The molecule has 0 bridgehead atoms. The Bertz CT molecular complexity index is 1350. The first-order valence-corrected chi connectivity index (χ1v) is 13.4. The van der Waals surface area contributed by atoms with E-state index in [2.05, 4.69) is 21.3 Å². The maximum atomic E-state index is 13.3. The fraction of sp³-hybridized carbons (Fsp3) is 0.161. The van der Waals surface area contributed by atoms with Gasteiger partial charge in [-0.1, -0.05) is 83.9 Å². The quantitative estimate of drug-likeness (QED) is 0.166. The summed E-state index contributed by atoms with van der Waals surface area (Å²) in [5.74, 6) is -0.397. The van der Waals surface area contributed by atoms with Gasteiger partial charge in [-0.2, -0.15) is 0 Å². The summed E-state index contributed by atoms with van der Waals surface area (Å²) in [5.41, 5.74) is 2.97. The summed E-state index contributed by atoms with van der Waals surface area (Å²) in [4.78, 5) is 26.6. The molecule has 0 fully saturated rings. The van der Waals surface area contributed by atoms with Crippen LogP contribution in [-0.2, 0) is 9.59 Å². The first-order valence-electron chi connectivity index (χ1n) is 12.6. The van der Waals surface area contributed by atoms with Gasteiger partial charge in [0.25, 0.3) is 0 Å². The zero-order chi connectivity index (χ0) is 27.6. The lowest BCUT2D eigenvalue weighted by molar-refractivity contribution is -0.119. The number of halogens is 2. The number of hydrogen-bond acceptors (Lipinski definition) is 4. The Labute approximate surface area is 238 Å². The molecular formula is C31H30Cl2N4O2. The first-order chi connectivity index (χ1) is 18.9. The third kappa shape index (κ3) is 8.40. The second-order valence-corrected chi connectivity index (χ2v) is 10.0. The fourth-order valence-corrected chi connectivity index (χ4v) is 4.36. The van der Waals surface area contributed by atoms with Crippen molar-refractivity contribution in [3.8, 4) is 0 Å². The first kappa shape index (κ1) is 28.3. The lowest BCUT2D eigenvalue weighted by Crippen LogP contribution is -2.45. The third-order valence-corrected chi connectivity index (χ3v) is 6.60. The molecule has 4 rings (SSSR count). The molecule has 0 aliphatic heterocycles. The molecule has 0 saturated heterocycles. The summed E-state index contributed by atoms with van der Waals surface area (Å²) in [5, 5.41) is 13.9. The molecule has 0 spiro atoms. The van der Waals surface area contributed by atoms with Crippen molar-refractivity contribution in [1.29, 1.82) is 0 Å². The van der Waals surface area contributed by atoms with Crippen LogP contribution in [0.15, 0.2) is 109 Å². The summed E-state index contributed by atoms with van der Waals surface area (Å²) in [7, 11) is 0. The monoisotopic (exact) mass is 560 g/mol. The zero-order valence-electron chi connectivity index (χ0n) is 21.4. The molecule has 0 aliphatic rings. The average Bonchev–Trinajstić information content (AvgIpc) is 2.95. The molecule has 0 aromatic heterocycles. The van der Waals surface area contributed by atoms with Gasteiger partial charge in [0.1, 0.15) is 12.1 Å². The molecule has 0 heterocycles. The van der Waals surface area contributed by atoms with E-state index >= 15 is 0 Å². The molecule has 0 saturated carbocycles. The van der Waals surface area contributed by atoms with Gasteiger partial charge >= 0.3 is 0 Å². The highest BCUT2D eigenvalue weighted by Crippen LogP contribution is 2.20. The van der Waals surface area contributed by atoms with Crippen molar-refractivity contribution in [3.05, 3.63) is 130 Å². The van der Waals surface area contributed by atoms with Gasteiger partial charge in [0.15, 0.2) is 0 Å². The van der Waals surface area contributed by atoms with Crippen molar-refractivity contribution < 1.29 is 9.59 Å². The van der Waals surface area contributed by atoms with Crippen LogP contribution in [-0.4, -0.2) is 24.4 Å². The number of carbonyl (C=O) groups is 2. The van der Waals surface area contributed by atoms with Gasteiger partial charge in [0, 0.05) is 34.0 Å². The molecule has 39 heavy (non-hydrogen) atoms. The van der Waals surface area contributed by atoms with E-state index in [1.165, 1.54) is 0 Å². The van der Waals surface area contributed by atoms with Gasteiger partial charge in [-0.25, -0.2) is 0 Å². The maximum Gasteiger partial charge on any atom is 0.246 e. The highest BCUT2D eigenvalue weighted by Gasteiger charge is 2.25. The Balaban J connectivity index is 1.46. The Morgan fingerprint density at radius 1 is 0.615 bits per heavy atom. The molecule has 4 aromatic carbocycles. The van der Waals surface area contributed by atoms with Crippen molar-refractivity contribution >= 4 is 46.4 Å². The van der Waals surface area contributed by atoms with E-state index in [-0.39, 0.29) is 17.9 Å². The van der Waals surface area contributed by atoms with Gasteiger partial charge in [-0.3, -0.25) is 14.9 Å². The molecule has 0 aliphatic carbocycles. The van der Waals surface area contributed by atoms with E-state index < -0.39 is 12.1 Å². The molecule has 3 atom stereocenters. The van der Waals surface area contributed by atoms with Gasteiger partial charge in [-0.15, -0.1) is 0 Å². The number of amides is 2. The Kier molecular flexibility index (Phi) is 10.1. The highest BCUT2D eigenvalue weighted by atomic mass is 35.5. The second kappa shape index (κ2) is 13.9. The number of benzene rings is 4. The predicted octanol–water partition coefficient (Wildman–Crippen LogP) is 6.62. The van der Waals surface area contributed by atoms with Crippen LogP contribution in [0.25, 0.3) is 0 Å². The average molecular weight is 562 g/mol. The molecule has 8 heteroatoms. The number of nitrogens with one attached hydrogen (secondary N) is 4. The number of rotatable bonds is 11. The van der Waals surface area contributed by atoms with Crippen LogP contribution in [0.2, 0.25) is 10.0 Å². The van der Waals surface area contributed by atoms with Gasteiger partial charge < -0.3 is 16.0 Å². The summed E-state index contributed by atoms with van der Waals surface area (Å²) in [6.45, 7) is 2.39. The van der Waals surface area contributed by atoms with E-state index in [4.69, 9.17) is 23.2 Å². The molecular weight excluding hydrogens is 531 g/mol. The molecule has 6 nitrogen and oxygen atoms in total. The predicted molar refractivity (Wildman–Crippen MR) is 159 cm³/mol. The van der Waals surface area contributed by atoms with Crippen LogP contribution in [0.4, 0.5) is 11.4 Å². The van der Waals surface area contributed by atoms with Gasteiger partial charge in [0.2, 0.25) is 11.8 Å². The van der Waals surface area contributed by atoms with Gasteiger partial charge in [0.05, 0.1) is 0 Å². The summed E-state index contributed by atoms with van der Waals surface area (Å²) >= 11 is 12.0. The molecule has 200 valence electrons. The van der Waals surface area contributed by atoms with Crippen LogP contribution in [0.5, 0.6) is 0 Å². The topological polar surface area (TPSA) is 82.3 Å². The van der Waals surface area contributed by atoms with E-state index in [0.29, 0.717) is 28.0 Å². The largest absolute Gasteiger partial charge is 0.324 e. The fourth-order valence-electron chi connectivity index (χ4n) is 4.11. The van der Waals surface area contributed by atoms with Crippen molar-refractivity contribution in [3.63, 3.8) is 0 Å². The van der Waals surface area contributed by atoms with E-state index in [1.807, 2.05) is 67.6 Å². The van der Waals surface area contributed by atoms with E-state index in [9.17, 15) is 9.59 Å². The van der Waals surface area contributed by atoms with E-state index in [0.717, 1.165) is 11.1 Å². The van der Waals surface area contributed by atoms with Crippen LogP contribution in [0.1, 0.15) is 30.1 Å². The molecule has 2 amide bonds. The van der Waals surface area contributed by atoms with Crippen LogP contribution in [0, 0.1) is 0 Å². The lowest BCUT2D eigenvalue weighted by atomic mass is 10.0. The molecule has 4 aromatic rings. The number of carbonyl (C=O) groups excluding carboxylic acids is 2. The standard InChI is InChI=1S/C31H30Cl2N4O2/c1-21(35-29(23-10-6-3-7-11-23)31(39)37-27-18-14-25(33)15-19-27)20-34-28(22-8-4-2-5-9-22)30(38)36-26-16-12-24(32)13-17-26/h2-19,21,28-29,34-35H,20H2,1H3,(H,36,38)(H,37,39)/t21-,28-,29-/m1/s1. The second-order valence-electron chi connectivity index (χ2n) is 9.16. The molecule has 0 radical (unpaired) electrons. The Hall–Kier alpha value is -3.68. The highest BCUT2D eigenvalue weighted by molar-refractivity contribution is 6.31. The summed E-state index contributed by atoms with van der Waals surface area (Å²) in [6.07, 6.45) is 0. The minimum Gasteiger partial charge on any atom is -0.324 e. The van der Waals surface area contributed by atoms with Crippen molar-refractivity contribution in [2.24, 2.45) is 0 Å². The summed E-state index contributed by atoms with van der Waals surface area (Å²) < 4.78 is 0. The van der Waals surface area contributed by atoms with Crippen LogP contribution >= 0.6 is 23.2 Å². The zero-order valence-corrected chi connectivity index (χ0v) is 22.9. The van der Waals surface area contributed by atoms with Crippen LogP contribution in [0.3, 0.4) is 0 Å². The SMILES string of the molecule is C[C@H](CN[C@@H](C(=O)Nc1ccc(Cl)cc1)c1ccccc1)N[C@@H](C(=O)Nc1ccc(Cl)cc1)c1ccccc1. The maximum absolute atomic E-state index is 13.3. The number of anilines is 2. The molecule has 0 unspecified atom stereocenters. The minimum atomic E-state index is -0.614. The Morgan fingerprint density at radius 2 is 1.03 bits per heavy atom. The van der Waals surface area contributed by atoms with Crippen LogP contribution < -0.4 is 21.3 Å². The van der Waals surface area contributed by atoms with Crippen molar-refractivity contribution in [2.45, 2.75) is 25.0 Å². The third-order valence-electron chi connectivity index (χ3n) is 6.09.